The van der Waals surface area contributed by atoms with Gasteiger partial charge in [0.2, 0.25) is 0 Å². The first kappa shape index (κ1) is 22.4. The van der Waals surface area contributed by atoms with Crippen LogP contribution < -0.4 is 5.46 Å². The minimum Gasteiger partial charge on any atom is -0.407 e. The van der Waals surface area contributed by atoms with E-state index in [4.69, 9.17) is 9.31 Å². The molecule has 0 atom stereocenters. The number of benzene rings is 3. The van der Waals surface area contributed by atoms with Gasteiger partial charge in [-0.05, 0) is 75.3 Å². The lowest BCUT2D eigenvalue weighted by Crippen LogP contribution is -2.44. The smallest absolute Gasteiger partial charge is 0.407 e. The van der Waals surface area contributed by atoms with Crippen LogP contribution in [-0.4, -0.2) is 20.3 Å². The molecular weight excluding hydrogens is 508 g/mol. The van der Waals surface area contributed by atoms with Gasteiger partial charge in [0.25, 0.3) is 0 Å². The Labute approximate surface area is 196 Å². The Morgan fingerprint density at radius 3 is 2.13 bits per heavy atom. The van der Waals surface area contributed by atoms with Crippen LogP contribution >= 0.6 is 22.6 Å². The van der Waals surface area contributed by atoms with Crippen molar-refractivity contribution in [3.63, 3.8) is 0 Å². The van der Waals surface area contributed by atoms with Crippen molar-refractivity contribution >= 4 is 35.2 Å². The fraction of sp³-hybridized carbons (Fsp3) is 0.280. The topological polar surface area (TPSA) is 18.5 Å². The van der Waals surface area contributed by atoms with Crippen LogP contribution in [0.15, 0.2) is 60.7 Å². The van der Waals surface area contributed by atoms with Crippen molar-refractivity contribution in [3.05, 3.63) is 87.0 Å². The van der Waals surface area contributed by atoms with Crippen LogP contribution in [0.3, 0.4) is 0 Å². The maximum Gasteiger partial charge on any atom is 0.494 e. The summed E-state index contributed by atoms with van der Waals surface area (Å²) in [6, 6.07) is 20.0. The zero-order valence-corrected chi connectivity index (χ0v) is 19.6. The molecule has 6 heteroatoms. The molecule has 1 fully saturated rings. The van der Waals surface area contributed by atoms with Crippen molar-refractivity contribution < 1.29 is 18.1 Å². The second-order valence-electron chi connectivity index (χ2n) is 7.92. The molecule has 1 aliphatic rings. The summed E-state index contributed by atoms with van der Waals surface area (Å²) in [6.45, 7) is 3.14. The molecule has 160 valence electrons. The van der Waals surface area contributed by atoms with Crippen LogP contribution in [0, 0.1) is 15.2 Å². The van der Waals surface area contributed by atoms with E-state index in [0.29, 0.717) is 18.7 Å². The van der Waals surface area contributed by atoms with E-state index < -0.39 is 18.8 Å². The second-order valence-corrected chi connectivity index (χ2v) is 9.08. The molecule has 0 aromatic heterocycles. The van der Waals surface area contributed by atoms with Crippen LogP contribution in [-0.2, 0) is 15.7 Å². The van der Waals surface area contributed by atoms with E-state index in [-0.39, 0.29) is 9.49 Å². The number of aryl methyl sites for hydroxylation is 1. The van der Waals surface area contributed by atoms with Gasteiger partial charge in [0.1, 0.15) is 0 Å². The lowest BCUT2D eigenvalue weighted by Gasteiger charge is -2.28. The van der Waals surface area contributed by atoms with Gasteiger partial charge in [-0.25, -0.2) is 8.78 Å². The fourth-order valence-corrected chi connectivity index (χ4v) is 4.41. The molecule has 1 saturated heterocycles. The third-order valence-electron chi connectivity index (χ3n) is 5.66. The third-order valence-corrected chi connectivity index (χ3v) is 6.45. The van der Waals surface area contributed by atoms with E-state index in [1.165, 1.54) is 29.5 Å². The molecule has 0 amide bonds. The molecule has 0 spiro atoms. The van der Waals surface area contributed by atoms with Gasteiger partial charge in [0.15, 0.2) is 11.6 Å². The Hall–Kier alpha value is -1.77. The van der Waals surface area contributed by atoms with E-state index in [1.54, 1.807) is 28.7 Å². The molecule has 1 heterocycles. The van der Waals surface area contributed by atoms with Crippen molar-refractivity contribution in [2.75, 3.05) is 13.2 Å². The van der Waals surface area contributed by atoms with Crippen molar-refractivity contribution in [2.45, 2.75) is 32.1 Å². The minimum absolute atomic E-state index is 0.103. The summed E-state index contributed by atoms with van der Waals surface area (Å²) in [7, 11) is -0.676. The Kier molecular flexibility index (Phi) is 7.41. The normalized spacial score (nSPS) is 14.8. The maximum atomic E-state index is 13.7. The van der Waals surface area contributed by atoms with Crippen LogP contribution in [0.2, 0.25) is 0 Å². The predicted octanol–water partition coefficient (Wildman–Crippen LogP) is 6.10. The molecule has 0 saturated carbocycles. The first-order valence-electron chi connectivity index (χ1n) is 10.6. The number of rotatable bonds is 6. The highest BCUT2D eigenvalue weighted by molar-refractivity contribution is 14.1. The third kappa shape index (κ3) is 5.36. The summed E-state index contributed by atoms with van der Waals surface area (Å²) in [4.78, 5) is 0. The SMILES string of the molecule is CCCCc1ccc(-c2ccc(C3COB(c4cc(F)c(F)c(I)c4)OC3)cc2)cc1. The van der Waals surface area contributed by atoms with E-state index >= 15 is 0 Å². The molecule has 1 aliphatic heterocycles. The average molecular weight is 532 g/mol. The van der Waals surface area contributed by atoms with Gasteiger partial charge in [-0.3, -0.25) is 0 Å². The first-order chi connectivity index (χ1) is 15.0. The van der Waals surface area contributed by atoms with Gasteiger partial charge in [0.05, 0.1) is 3.57 Å². The zero-order chi connectivity index (χ0) is 21.8. The van der Waals surface area contributed by atoms with Gasteiger partial charge >= 0.3 is 7.12 Å². The predicted molar refractivity (Wildman–Crippen MR) is 130 cm³/mol. The summed E-state index contributed by atoms with van der Waals surface area (Å²) >= 11 is 1.77. The molecule has 0 radical (unpaired) electrons. The molecule has 2 nitrogen and oxygen atoms in total. The number of unbranched alkanes of at least 4 members (excludes halogenated alkanes) is 1. The molecule has 31 heavy (non-hydrogen) atoms. The van der Waals surface area contributed by atoms with Gasteiger partial charge in [-0.1, -0.05) is 61.9 Å². The Morgan fingerprint density at radius 1 is 0.935 bits per heavy atom. The average Bonchev–Trinajstić information content (AvgIpc) is 2.81. The molecule has 0 unspecified atom stereocenters. The van der Waals surface area contributed by atoms with Gasteiger partial charge in [-0.15, -0.1) is 0 Å². The first-order valence-corrected chi connectivity index (χ1v) is 11.7. The standard InChI is InChI=1S/C25H24BF2IO2/c1-2-3-4-17-5-7-18(8-6-17)19-9-11-20(12-10-19)21-15-30-26(31-16-21)22-13-23(27)25(28)24(29)14-22/h5-14,21H,2-4,15-16H2,1H3. The van der Waals surface area contributed by atoms with E-state index in [0.717, 1.165) is 18.1 Å². The molecule has 3 aromatic rings. The number of hydrogen-bond acceptors (Lipinski definition) is 2. The summed E-state index contributed by atoms with van der Waals surface area (Å²) in [5.41, 5.74) is 5.40. The van der Waals surface area contributed by atoms with Crippen molar-refractivity contribution in [3.8, 4) is 11.1 Å². The van der Waals surface area contributed by atoms with Crippen molar-refractivity contribution in [1.29, 1.82) is 0 Å². The largest absolute Gasteiger partial charge is 0.494 e. The highest BCUT2D eigenvalue weighted by atomic mass is 127. The van der Waals surface area contributed by atoms with Crippen LogP contribution in [0.1, 0.15) is 36.8 Å². The zero-order valence-electron chi connectivity index (χ0n) is 17.4. The summed E-state index contributed by atoms with van der Waals surface area (Å²) in [5.74, 6) is -1.62. The molecule has 0 aliphatic carbocycles. The summed E-state index contributed by atoms with van der Waals surface area (Å²) in [6.07, 6.45) is 3.55. The van der Waals surface area contributed by atoms with Gasteiger partial charge in [0, 0.05) is 19.1 Å². The number of halogens is 3. The highest BCUT2D eigenvalue weighted by Gasteiger charge is 2.31. The van der Waals surface area contributed by atoms with E-state index in [1.807, 2.05) is 0 Å². The van der Waals surface area contributed by atoms with Crippen molar-refractivity contribution in [1.82, 2.24) is 0 Å². The Morgan fingerprint density at radius 2 is 1.55 bits per heavy atom. The fourth-order valence-electron chi connectivity index (χ4n) is 3.79. The van der Waals surface area contributed by atoms with Crippen LogP contribution in [0.5, 0.6) is 0 Å². The Bertz CT molecular complexity index is 994. The lowest BCUT2D eigenvalue weighted by atomic mass is 9.77. The molecule has 3 aromatic carbocycles. The van der Waals surface area contributed by atoms with Crippen LogP contribution in [0.25, 0.3) is 11.1 Å². The molecule has 0 bridgehead atoms. The quantitative estimate of drug-likeness (QED) is 0.217. The van der Waals surface area contributed by atoms with Gasteiger partial charge < -0.3 is 9.31 Å². The molecule has 0 N–H and O–H groups in total. The summed E-state index contributed by atoms with van der Waals surface area (Å²) < 4.78 is 39.1. The van der Waals surface area contributed by atoms with E-state index in [9.17, 15) is 8.78 Å². The number of hydrogen-bond donors (Lipinski definition) is 0. The van der Waals surface area contributed by atoms with E-state index in [2.05, 4.69) is 55.5 Å². The second kappa shape index (κ2) is 10.2. The Balaban J connectivity index is 1.38. The van der Waals surface area contributed by atoms with Crippen LogP contribution in [0.4, 0.5) is 8.78 Å². The maximum absolute atomic E-state index is 13.7. The monoisotopic (exact) mass is 532 g/mol. The summed E-state index contributed by atoms with van der Waals surface area (Å²) in [5, 5.41) is 0. The van der Waals surface area contributed by atoms with Gasteiger partial charge in [-0.2, -0.15) is 0 Å². The molecular formula is C25H24BF2IO2. The molecule has 4 rings (SSSR count). The lowest BCUT2D eigenvalue weighted by molar-refractivity contribution is 0.121. The highest BCUT2D eigenvalue weighted by Crippen LogP contribution is 2.26. The minimum atomic E-state index is -0.884. The van der Waals surface area contributed by atoms with Crippen molar-refractivity contribution in [2.24, 2.45) is 0 Å².